The van der Waals surface area contributed by atoms with Crippen molar-refractivity contribution in [3.05, 3.63) is 60.2 Å². The number of anilines is 1. The molecule has 2 heterocycles. The van der Waals surface area contributed by atoms with E-state index in [4.69, 9.17) is 4.74 Å². The van der Waals surface area contributed by atoms with Gasteiger partial charge >= 0.3 is 6.09 Å². The average molecular weight is 340 g/mol. The highest BCUT2D eigenvalue weighted by Crippen LogP contribution is 2.25. The Hall–Kier alpha value is -2.90. The van der Waals surface area contributed by atoms with E-state index in [2.05, 4.69) is 21.6 Å². The van der Waals surface area contributed by atoms with Crippen LogP contribution < -0.4 is 14.8 Å². The molecule has 1 aromatic carbocycles. The highest BCUT2D eigenvalue weighted by atomic mass is 16.6. The number of nitrogens with zero attached hydrogens (tertiary/aromatic N) is 3. The summed E-state index contributed by atoms with van der Waals surface area (Å²) in [4.78, 5) is 15.5. The number of hydrogen-bond acceptors (Lipinski definition) is 5. The van der Waals surface area contributed by atoms with Crippen molar-refractivity contribution >= 4 is 22.7 Å². The van der Waals surface area contributed by atoms with Gasteiger partial charge in [-0.25, -0.2) is 0 Å². The predicted octanol–water partition coefficient (Wildman–Crippen LogP) is 2.23. The van der Waals surface area contributed by atoms with Gasteiger partial charge in [-0.2, -0.15) is 4.79 Å². The van der Waals surface area contributed by atoms with Crippen LogP contribution in [0.25, 0.3) is 10.9 Å². The summed E-state index contributed by atoms with van der Waals surface area (Å²) in [6, 6.07) is 11.2. The third kappa shape index (κ3) is 3.62. The zero-order valence-electron chi connectivity index (χ0n) is 14.2. The van der Waals surface area contributed by atoms with Crippen LogP contribution in [0, 0.1) is 5.21 Å². The number of carbonyl (C=O) groups is 1. The molecule has 0 saturated carbocycles. The molecule has 0 saturated heterocycles. The molecule has 0 aliphatic heterocycles. The number of aromatic nitrogens is 2. The Morgan fingerprint density at radius 3 is 2.72 bits per heavy atom. The van der Waals surface area contributed by atoms with Crippen LogP contribution in [-0.2, 0) is 0 Å². The molecule has 0 radical (unpaired) electrons. The van der Waals surface area contributed by atoms with Crippen LogP contribution in [0.5, 0.6) is 5.75 Å². The molecule has 1 N–H and O–H groups in total. The Kier molecular flexibility index (Phi) is 4.97. The minimum Gasteiger partial charge on any atom is -0.624 e. The number of hydroxylamine groups is 2. The Morgan fingerprint density at radius 1 is 1.28 bits per heavy atom. The van der Waals surface area contributed by atoms with Crippen LogP contribution >= 0.6 is 0 Å². The lowest BCUT2D eigenvalue weighted by molar-refractivity contribution is -0.741. The van der Waals surface area contributed by atoms with Crippen molar-refractivity contribution in [2.24, 2.45) is 0 Å². The molecule has 1 unspecified atom stereocenters. The number of ether oxygens (including phenoxy) is 1. The van der Waals surface area contributed by atoms with Gasteiger partial charge < -0.3 is 9.94 Å². The smallest absolute Gasteiger partial charge is 0.519 e. The lowest BCUT2D eigenvalue weighted by Gasteiger charge is -2.26. The molecule has 3 rings (SSSR count). The lowest BCUT2D eigenvalue weighted by atomic mass is 10.2. The summed E-state index contributed by atoms with van der Waals surface area (Å²) < 4.78 is 7.13. The van der Waals surface area contributed by atoms with E-state index in [0.717, 1.165) is 29.6 Å². The highest BCUT2D eigenvalue weighted by molar-refractivity contribution is 5.83. The standard InChI is InChI=1S/C18H20N4O3/c1-3-11-21(15-6-9-19-10-7-15)22-12-8-14-13-16(4-5-17(14)22)25-18(23)20(2)24/h4-10,12-13,20H,3,11H2,1-2H3. The zero-order chi connectivity index (χ0) is 17.8. The fraction of sp³-hybridized carbons (Fsp3) is 0.222. The van der Waals surface area contributed by atoms with Crippen LogP contribution in [0.15, 0.2) is 55.0 Å². The number of hydrogen-bond donors (Lipinski definition) is 1. The maximum absolute atomic E-state index is 11.4. The van der Waals surface area contributed by atoms with Crippen molar-refractivity contribution in [1.82, 2.24) is 9.66 Å². The van der Waals surface area contributed by atoms with E-state index < -0.39 is 11.2 Å². The molecule has 0 aliphatic rings. The minimum atomic E-state index is -0.858. The fourth-order valence-corrected chi connectivity index (χ4v) is 2.65. The maximum Gasteiger partial charge on any atom is 0.519 e. The first-order valence-electron chi connectivity index (χ1n) is 8.12. The van der Waals surface area contributed by atoms with Crippen LogP contribution in [-0.4, -0.2) is 29.3 Å². The maximum atomic E-state index is 11.4. The van der Waals surface area contributed by atoms with E-state index >= 15 is 0 Å². The van der Waals surface area contributed by atoms with Gasteiger partial charge in [-0.05, 0) is 42.8 Å². The van der Waals surface area contributed by atoms with Crippen molar-refractivity contribution in [2.75, 3.05) is 18.6 Å². The summed E-state index contributed by atoms with van der Waals surface area (Å²) in [6.07, 6.45) is 5.63. The summed E-state index contributed by atoms with van der Waals surface area (Å²) in [5.41, 5.74) is 2.02. The SMILES string of the molecule is CCCN(c1ccncc1)n1ccc2cc(OC(=O)[NH+](C)[O-])ccc21. The van der Waals surface area contributed by atoms with Gasteiger partial charge in [-0.3, -0.25) is 19.7 Å². The Balaban J connectivity index is 1.95. The van der Waals surface area contributed by atoms with Gasteiger partial charge in [0, 0.05) is 30.5 Å². The molecule has 0 spiro atoms. The second-order valence-corrected chi connectivity index (χ2v) is 5.66. The molecule has 3 aromatic rings. The first kappa shape index (κ1) is 16.9. The van der Waals surface area contributed by atoms with Gasteiger partial charge in [-0.15, -0.1) is 0 Å². The van der Waals surface area contributed by atoms with E-state index in [9.17, 15) is 10.0 Å². The molecule has 0 fully saturated rings. The molecule has 0 bridgehead atoms. The third-order valence-corrected chi connectivity index (χ3v) is 3.80. The molecule has 7 heteroatoms. The van der Waals surface area contributed by atoms with Crippen molar-refractivity contribution < 1.29 is 14.6 Å². The molecule has 25 heavy (non-hydrogen) atoms. The van der Waals surface area contributed by atoms with Gasteiger partial charge in [0.2, 0.25) is 0 Å². The monoisotopic (exact) mass is 340 g/mol. The van der Waals surface area contributed by atoms with Gasteiger partial charge in [0.1, 0.15) is 5.75 Å². The summed E-state index contributed by atoms with van der Waals surface area (Å²) >= 11 is 0. The van der Waals surface area contributed by atoms with E-state index in [0.29, 0.717) is 5.75 Å². The first-order chi connectivity index (χ1) is 12.1. The molecular formula is C18H20N4O3. The summed E-state index contributed by atoms with van der Waals surface area (Å²) in [5.74, 6) is 0.358. The predicted molar refractivity (Wildman–Crippen MR) is 95.5 cm³/mol. The van der Waals surface area contributed by atoms with Crippen molar-refractivity contribution in [1.29, 1.82) is 0 Å². The summed E-state index contributed by atoms with van der Waals surface area (Å²) in [6.45, 7) is 2.97. The van der Waals surface area contributed by atoms with E-state index in [1.54, 1.807) is 24.5 Å². The van der Waals surface area contributed by atoms with Crippen LogP contribution in [0.4, 0.5) is 10.5 Å². The molecule has 1 atom stereocenters. The van der Waals surface area contributed by atoms with Crippen molar-refractivity contribution in [3.63, 3.8) is 0 Å². The molecule has 0 aliphatic carbocycles. The van der Waals surface area contributed by atoms with E-state index in [1.165, 1.54) is 7.05 Å². The van der Waals surface area contributed by atoms with Crippen LogP contribution in [0.1, 0.15) is 13.3 Å². The lowest BCUT2D eigenvalue weighted by Crippen LogP contribution is -3.07. The second kappa shape index (κ2) is 7.33. The highest BCUT2D eigenvalue weighted by Gasteiger charge is 2.13. The number of benzene rings is 1. The van der Waals surface area contributed by atoms with Gasteiger partial charge in [0.15, 0.2) is 0 Å². The fourth-order valence-electron chi connectivity index (χ4n) is 2.65. The second-order valence-electron chi connectivity index (χ2n) is 5.66. The molecule has 2 aromatic heterocycles. The van der Waals surface area contributed by atoms with E-state index in [-0.39, 0.29) is 0 Å². The normalized spacial score (nSPS) is 12.1. The Morgan fingerprint density at radius 2 is 2.04 bits per heavy atom. The number of amides is 1. The third-order valence-electron chi connectivity index (χ3n) is 3.80. The van der Waals surface area contributed by atoms with Gasteiger partial charge in [0.25, 0.3) is 0 Å². The topological polar surface area (TPSA) is 74.9 Å². The van der Waals surface area contributed by atoms with E-state index in [1.807, 2.05) is 30.5 Å². The summed E-state index contributed by atoms with van der Waals surface area (Å²) in [5, 5.41) is 13.5. The Labute approximate surface area is 145 Å². The zero-order valence-corrected chi connectivity index (χ0v) is 14.2. The number of nitrogens with one attached hydrogen (secondary N) is 1. The molecule has 1 amide bonds. The number of carbonyl (C=O) groups excluding carboxylic acids is 1. The van der Waals surface area contributed by atoms with Crippen LogP contribution in [0.2, 0.25) is 0 Å². The number of pyridine rings is 1. The quantitative estimate of drug-likeness (QED) is 0.721. The minimum absolute atomic E-state index is 0.358. The first-order valence-corrected chi connectivity index (χ1v) is 8.12. The average Bonchev–Trinajstić information content (AvgIpc) is 3.03. The van der Waals surface area contributed by atoms with Crippen molar-refractivity contribution in [2.45, 2.75) is 13.3 Å². The Bertz CT molecular complexity index is 861. The molecular weight excluding hydrogens is 320 g/mol. The molecule has 7 nitrogen and oxygen atoms in total. The summed E-state index contributed by atoms with van der Waals surface area (Å²) in [7, 11) is 1.19. The van der Waals surface area contributed by atoms with Gasteiger partial charge in [0.05, 0.1) is 18.3 Å². The number of quaternary nitrogens is 1. The van der Waals surface area contributed by atoms with Crippen LogP contribution in [0.3, 0.4) is 0 Å². The molecule has 130 valence electrons. The van der Waals surface area contributed by atoms with Crippen molar-refractivity contribution in [3.8, 4) is 5.75 Å². The largest absolute Gasteiger partial charge is 0.624 e. The van der Waals surface area contributed by atoms with Gasteiger partial charge in [-0.1, -0.05) is 6.92 Å². The number of rotatable bonds is 5. The number of fused-ring (bicyclic) bond motifs is 1.